The number of H-pyrrole nitrogens is 1. The maximum atomic E-state index is 12.1. The third-order valence-electron chi connectivity index (χ3n) is 4.19. The van der Waals surface area contributed by atoms with Gasteiger partial charge in [0.25, 0.3) is 5.56 Å². The van der Waals surface area contributed by atoms with Crippen molar-refractivity contribution in [2.45, 2.75) is 57.5 Å². The second-order valence-corrected chi connectivity index (χ2v) is 5.80. The first-order valence-electron chi connectivity index (χ1n) is 7.54. The Kier molecular flexibility index (Phi) is 4.72. The Morgan fingerprint density at radius 3 is 2.57 bits per heavy atom. The van der Waals surface area contributed by atoms with Crippen LogP contribution < -0.4 is 22.3 Å². The molecule has 1 fully saturated rings. The molecule has 0 amide bonds. The molecule has 1 heterocycles. The quantitative estimate of drug-likeness (QED) is 0.636. The third-order valence-corrected chi connectivity index (χ3v) is 4.19. The van der Waals surface area contributed by atoms with Gasteiger partial charge in [0.1, 0.15) is 11.5 Å². The number of hydrogen-bond acceptors (Lipinski definition) is 5. The van der Waals surface area contributed by atoms with Crippen LogP contribution in [0.1, 0.15) is 45.4 Å². The molecule has 2 rings (SSSR count). The second kappa shape index (κ2) is 6.34. The van der Waals surface area contributed by atoms with Crippen molar-refractivity contribution < 1.29 is 5.11 Å². The van der Waals surface area contributed by atoms with E-state index in [2.05, 4.69) is 10.3 Å². The minimum absolute atomic E-state index is 0.0568. The number of aliphatic hydroxyl groups excluding tert-OH is 1. The molecular formula is C14H24N4O3. The number of rotatable bonds is 5. The summed E-state index contributed by atoms with van der Waals surface area (Å²) in [6, 6.07) is 0. The van der Waals surface area contributed by atoms with E-state index in [9.17, 15) is 14.7 Å². The van der Waals surface area contributed by atoms with E-state index >= 15 is 0 Å². The van der Waals surface area contributed by atoms with Crippen LogP contribution in [-0.4, -0.2) is 26.8 Å². The first kappa shape index (κ1) is 15.6. The second-order valence-electron chi connectivity index (χ2n) is 5.80. The Morgan fingerprint density at radius 1 is 1.33 bits per heavy atom. The molecule has 1 aromatic rings. The van der Waals surface area contributed by atoms with Crippen LogP contribution in [0.5, 0.6) is 0 Å². The normalized spacial score (nSPS) is 17.6. The van der Waals surface area contributed by atoms with Gasteiger partial charge in [-0.3, -0.25) is 14.3 Å². The number of nitrogens with one attached hydrogen (secondary N) is 2. The highest BCUT2D eigenvalue weighted by Gasteiger charge is 2.33. The number of nitrogen functional groups attached to an aromatic ring is 1. The van der Waals surface area contributed by atoms with Gasteiger partial charge in [0.05, 0.1) is 12.1 Å². The first-order chi connectivity index (χ1) is 10.0. The van der Waals surface area contributed by atoms with Crippen LogP contribution in [0, 0.1) is 0 Å². The molecule has 5 N–H and O–H groups in total. The SMILES string of the molecule is CCCn1c(N)c(NC2(CO)CCCCC2)c(=O)[nH]c1=O. The van der Waals surface area contributed by atoms with E-state index in [1.807, 2.05) is 6.92 Å². The summed E-state index contributed by atoms with van der Waals surface area (Å²) in [6.45, 7) is 2.32. The van der Waals surface area contributed by atoms with Crippen LogP contribution in [0.3, 0.4) is 0 Å². The van der Waals surface area contributed by atoms with E-state index in [-0.39, 0.29) is 18.1 Å². The van der Waals surface area contributed by atoms with Gasteiger partial charge in [-0.15, -0.1) is 0 Å². The van der Waals surface area contributed by atoms with Crippen LogP contribution in [0.4, 0.5) is 11.5 Å². The number of aromatic nitrogens is 2. The summed E-state index contributed by atoms with van der Waals surface area (Å²) in [4.78, 5) is 26.1. The smallest absolute Gasteiger partial charge is 0.330 e. The summed E-state index contributed by atoms with van der Waals surface area (Å²) in [5.41, 5.74) is 4.66. The number of nitrogens with two attached hydrogens (primary N) is 1. The van der Waals surface area contributed by atoms with Crippen molar-refractivity contribution in [3.63, 3.8) is 0 Å². The van der Waals surface area contributed by atoms with Gasteiger partial charge in [0, 0.05) is 6.54 Å². The third kappa shape index (κ3) is 3.12. The molecule has 0 unspecified atom stereocenters. The molecule has 0 atom stereocenters. The van der Waals surface area contributed by atoms with Crippen molar-refractivity contribution in [1.82, 2.24) is 9.55 Å². The van der Waals surface area contributed by atoms with Crippen molar-refractivity contribution >= 4 is 11.5 Å². The highest BCUT2D eigenvalue weighted by molar-refractivity contribution is 5.61. The summed E-state index contributed by atoms with van der Waals surface area (Å²) in [5, 5.41) is 12.9. The fourth-order valence-electron chi connectivity index (χ4n) is 2.97. The molecule has 118 valence electrons. The van der Waals surface area contributed by atoms with Crippen LogP contribution in [0.25, 0.3) is 0 Å². The van der Waals surface area contributed by atoms with Gasteiger partial charge in [-0.2, -0.15) is 0 Å². The molecule has 0 radical (unpaired) electrons. The van der Waals surface area contributed by atoms with Crippen molar-refractivity contribution in [3.8, 4) is 0 Å². The van der Waals surface area contributed by atoms with Crippen molar-refractivity contribution in [2.75, 3.05) is 17.7 Å². The Hall–Kier alpha value is -1.76. The Morgan fingerprint density at radius 2 is 2.00 bits per heavy atom. The minimum Gasteiger partial charge on any atom is -0.394 e. The van der Waals surface area contributed by atoms with Gasteiger partial charge in [-0.25, -0.2) is 4.79 Å². The van der Waals surface area contributed by atoms with Gasteiger partial charge >= 0.3 is 5.69 Å². The molecule has 1 aromatic heterocycles. The Labute approximate surface area is 123 Å². The molecule has 1 saturated carbocycles. The highest BCUT2D eigenvalue weighted by atomic mass is 16.3. The predicted octanol–water partition coefficient (Wildman–Crippen LogP) is 0.636. The molecule has 1 aliphatic rings. The zero-order valence-corrected chi connectivity index (χ0v) is 12.4. The van der Waals surface area contributed by atoms with E-state index in [0.717, 1.165) is 38.5 Å². The molecule has 0 saturated heterocycles. The molecular weight excluding hydrogens is 272 g/mol. The molecule has 0 spiro atoms. The van der Waals surface area contributed by atoms with E-state index in [1.165, 1.54) is 4.57 Å². The molecule has 0 bridgehead atoms. The van der Waals surface area contributed by atoms with Gasteiger partial charge < -0.3 is 16.2 Å². The van der Waals surface area contributed by atoms with Crippen LogP contribution >= 0.6 is 0 Å². The average Bonchev–Trinajstić information content (AvgIpc) is 2.49. The van der Waals surface area contributed by atoms with E-state index in [4.69, 9.17) is 5.73 Å². The summed E-state index contributed by atoms with van der Waals surface area (Å²) < 4.78 is 1.36. The predicted molar refractivity (Wildman–Crippen MR) is 82.6 cm³/mol. The molecule has 21 heavy (non-hydrogen) atoms. The molecule has 7 heteroatoms. The topological polar surface area (TPSA) is 113 Å². The Bertz CT molecular complexity index is 599. The van der Waals surface area contributed by atoms with E-state index in [1.54, 1.807) is 0 Å². The van der Waals surface area contributed by atoms with Gasteiger partial charge in [-0.05, 0) is 19.3 Å². The molecule has 0 aliphatic heterocycles. The van der Waals surface area contributed by atoms with Crippen LogP contribution in [0.15, 0.2) is 9.59 Å². The van der Waals surface area contributed by atoms with Gasteiger partial charge in [-0.1, -0.05) is 26.2 Å². The van der Waals surface area contributed by atoms with E-state index < -0.39 is 16.8 Å². The minimum atomic E-state index is -0.525. The first-order valence-corrected chi connectivity index (χ1v) is 7.54. The lowest BCUT2D eigenvalue weighted by molar-refractivity contribution is 0.172. The molecule has 0 aromatic carbocycles. The fourth-order valence-corrected chi connectivity index (χ4v) is 2.97. The fraction of sp³-hybridized carbons (Fsp3) is 0.714. The van der Waals surface area contributed by atoms with Crippen LogP contribution in [0.2, 0.25) is 0 Å². The average molecular weight is 296 g/mol. The van der Waals surface area contributed by atoms with Gasteiger partial charge in [0.2, 0.25) is 0 Å². The van der Waals surface area contributed by atoms with Gasteiger partial charge in [0.15, 0.2) is 0 Å². The zero-order chi connectivity index (χ0) is 15.5. The standard InChI is InChI=1S/C14H24N4O3/c1-2-8-18-11(15)10(12(20)16-13(18)21)17-14(9-19)6-4-3-5-7-14/h17,19H,2-9,15H2,1H3,(H,16,20,21). The number of aliphatic hydroxyl groups is 1. The van der Waals surface area contributed by atoms with Crippen molar-refractivity contribution in [3.05, 3.63) is 20.8 Å². The zero-order valence-electron chi connectivity index (χ0n) is 12.4. The lowest BCUT2D eigenvalue weighted by atomic mass is 9.82. The number of aromatic amines is 1. The van der Waals surface area contributed by atoms with Crippen LogP contribution in [-0.2, 0) is 6.54 Å². The molecule has 1 aliphatic carbocycles. The summed E-state index contributed by atoms with van der Waals surface area (Å²) >= 11 is 0. The van der Waals surface area contributed by atoms with Crippen molar-refractivity contribution in [1.29, 1.82) is 0 Å². The molecule has 7 nitrogen and oxygen atoms in total. The maximum Gasteiger partial charge on any atom is 0.330 e. The summed E-state index contributed by atoms with van der Waals surface area (Å²) in [7, 11) is 0. The summed E-state index contributed by atoms with van der Waals surface area (Å²) in [6.07, 6.45) is 5.44. The van der Waals surface area contributed by atoms with Crippen molar-refractivity contribution in [2.24, 2.45) is 0 Å². The number of nitrogens with zero attached hydrogens (tertiary/aromatic N) is 1. The lowest BCUT2D eigenvalue weighted by Gasteiger charge is -2.37. The Balaban J connectivity index is 2.41. The lowest BCUT2D eigenvalue weighted by Crippen LogP contribution is -2.46. The number of anilines is 2. The largest absolute Gasteiger partial charge is 0.394 e. The maximum absolute atomic E-state index is 12.1. The summed E-state index contributed by atoms with van der Waals surface area (Å²) in [5.74, 6) is 0.143. The van der Waals surface area contributed by atoms with E-state index in [0.29, 0.717) is 6.54 Å². The highest BCUT2D eigenvalue weighted by Crippen LogP contribution is 2.31. The number of hydrogen-bond donors (Lipinski definition) is 4. The monoisotopic (exact) mass is 296 g/mol.